The van der Waals surface area contributed by atoms with Crippen LogP contribution in [0, 0.1) is 0 Å². The Labute approximate surface area is 251 Å². The number of nitrogens with zero attached hydrogens (tertiary/aromatic N) is 1. The first-order valence-electron chi connectivity index (χ1n) is 10.9. The Bertz CT molecular complexity index is 1200. The van der Waals surface area contributed by atoms with E-state index in [0.717, 1.165) is 24.3 Å². The summed E-state index contributed by atoms with van der Waals surface area (Å²) in [6, 6.07) is 23.3. The third-order valence-corrected chi connectivity index (χ3v) is 15.0. The van der Waals surface area contributed by atoms with E-state index in [9.17, 15) is 14.7 Å². The molecule has 0 spiro atoms. The van der Waals surface area contributed by atoms with E-state index in [4.69, 9.17) is 28.1 Å². The van der Waals surface area contributed by atoms with Gasteiger partial charge in [0.05, 0.1) is 16.1 Å². The number of halogens is 3. The molecule has 3 aromatic carbocycles. The van der Waals surface area contributed by atoms with Crippen molar-refractivity contribution in [3.63, 3.8) is 0 Å². The molecule has 5 nitrogen and oxygen atoms in total. The molecule has 0 fully saturated rings. The van der Waals surface area contributed by atoms with Crippen LogP contribution in [0.5, 0.6) is 0 Å². The monoisotopic (exact) mass is 721 g/mol. The van der Waals surface area contributed by atoms with Crippen molar-refractivity contribution in [3.8, 4) is 0 Å². The van der Waals surface area contributed by atoms with Gasteiger partial charge in [0, 0.05) is 18.7 Å². The second-order valence-corrected chi connectivity index (χ2v) is 21.9. The molecule has 3 rings (SSSR count). The molecule has 37 heavy (non-hydrogen) atoms. The Hall–Kier alpha value is -1.00. The average Bonchev–Trinajstić information content (AvgIpc) is 2.85. The zero-order valence-corrected chi connectivity index (χ0v) is 26.8. The van der Waals surface area contributed by atoms with Gasteiger partial charge < -0.3 is 9.84 Å². The van der Waals surface area contributed by atoms with Crippen LogP contribution in [-0.2, 0) is 27.9 Å². The Morgan fingerprint density at radius 1 is 0.973 bits per heavy atom. The Kier molecular flexibility index (Phi) is 11.9. The summed E-state index contributed by atoms with van der Waals surface area (Å²) >= 11 is 22.4. The highest BCUT2D eigenvalue weighted by atomic mass is 79.9. The molecule has 3 aromatic rings. The number of rotatable bonds is 11. The Morgan fingerprint density at radius 2 is 1.46 bits per heavy atom. The highest BCUT2D eigenvalue weighted by Crippen LogP contribution is 2.74. The van der Waals surface area contributed by atoms with Crippen molar-refractivity contribution in [3.05, 3.63) is 93.4 Å². The van der Waals surface area contributed by atoms with Gasteiger partial charge in [-0.1, -0.05) is 96.8 Å². The summed E-state index contributed by atoms with van der Waals surface area (Å²) in [5, 5.41) is 9.13. The van der Waals surface area contributed by atoms with E-state index in [1.807, 2.05) is 78.9 Å². The van der Waals surface area contributed by atoms with Crippen LogP contribution in [0.4, 0.5) is 4.79 Å². The Morgan fingerprint density at radius 3 is 1.89 bits per heavy atom. The molecule has 2 unspecified atom stereocenters. The maximum Gasteiger partial charge on any atom is 0.411 e. The number of ether oxygens (including phenoxy) is 1. The molecule has 0 aromatic heterocycles. The molecule has 0 radical (unpaired) electrons. The topological polar surface area (TPSA) is 66.8 Å². The quantitative estimate of drug-likeness (QED) is 0.156. The van der Waals surface area contributed by atoms with Crippen LogP contribution < -0.4 is 0 Å². The molecule has 1 N–H and O–H groups in total. The fourth-order valence-electron chi connectivity index (χ4n) is 3.21. The molecule has 0 aliphatic heterocycles. The second-order valence-electron chi connectivity index (χ2n) is 7.81. The van der Waals surface area contributed by atoms with Gasteiger partial charge in [0.15, 0.2) is 0 Å². The van der Waals surface area contributed by atoms with Crippen molar-refractivity contribution >= 4 is 94.5 Å². The zero-order valence-electron chi connectivity index (χ0n) is 19.5. The fraction of sp³-hybridized carbons (Fsp3) is 0.200. The number of hydrogen-bond acceptors (Lipinski definition) is 6. The van der Waals surface area contributed by atoms with Crippen molar-refractivity contribution in [1.82, 2.24) is 4.90 Å². The van der Waals surface area contributed by atoms with Gasteiger partial charge in [0.25, 0.3) is 0 Å². The fourth-order valence-corrected chi connectivity index (χ4v) is 13.6. The number of amides is 1. The van der Waals surface area contributed by atoms with Gasteiger partial charge in [-0.2, -0.15) is 0 Å². The SMILES string of the molecule is CC(Cl)C(C(=O)O)N(CP(=S)(Sc1ccc(Br)cc1)Sc1ccc(Br)cc1)C(=O)OCc1ccccc1. The van der Waals surface area contributed by atoms with Crippen molar-refractivity contribution in [1.29, 1.82) is 0 Å². The first-order valence-corrected chi connectivity index (χ1v) is 18.8. The van der Waals surface area contributed by atoms with Gasteiger partial charge in [0.2, 0.25) is 0 Å². The lowest BCUT2D eigenvalue weighted by atomic mass is 10.2. The number of hydrogen-bond donors (Lipinski definition) is 1. The van der Waals surface area contributed by atoms with Gasteiger partial charge in [-0.05, 0) is 61.0 Å². The van der Waals surface area contributed by atoms with Crippen LogP contribution in [0.2, 0.25) is 0 Å². The standard InChI is InChI=1S/C25H23Br2ClNO4PS3/c1-17(28)23(24(30)31)29(25(32)33-15-18-5-3-2-4-6-18)16-34(35,36-21-11-7-19(26)8-12-21)37-22-13-9-20(27)10-14-22/h2-14,17,23H,15-16H2,1H3,(H,30,31). The lowest BCUT2D eigenvalue weighted by Crippen LogP contribution is -2.49. The second kappa shape index (κ2) is 14.4. The summed E-state index contributed by atoms with van der Waals surface area (Å²) < 4.78 is 4.82. The molecular weight excluding hydrogens is 701 g/mol. The van der Waals surface area contributed by atoms with Crippen LogP contribution in [0.15, 0.2) is 97.6 Å². The highest BCUT2D eigenvalue weighted by molar-refractivity contribution is 9.10. The van der Waals surface area contributed by atoms with E-state index in [2.05, 4.69) is 31.9 Å². The van der Waals surface area contributed by atoms with Crippen LogP contribution in [0.25, 0.3) is 0 Å². The predicted octanol–water partition coefficient (Wildman–Crippen LogP) is 9.08. The lowest BCUT2D eigenvalue weighted by molar-refractivity contribution is -0.142. The van der Waals surface area contributed by atoms with E-state index >= 15 is 0 Å². The minimum absolute atomic E-state index is 0.00175. The normalized spacial score (nSPS) is 13.0. The molecule has 196 valence electrons. The van der Waals surface area contributed by atoms with Gasteiger partial charge in [-0.15, -0.1) is 11.6 Å². The number of alkyl halides is 1. The molecular formula is C25H23Br2ClNO4PS3. The number of aliphatic carboxylic acids is 1. The number of carboxylic acids is 1. The first-order chi connectivity index (χ1) is 17.6. The van der Waals surface area contributed by atoms with E-state index < -0.39 is 27.9 Å². The van der Waals surface area contributed by atoms with Crippen LogP contribution in [0.3, 0.4) is 0 Å². The van der Waals surface area contributed by atoms with Gasteiger partial charge in [0.1, 0.15) is 12.6 Å². The lowest BCUT2D eigenvalue weighted by Gasteiger charge is -2.34. The summed E-state index contributed by atoms with van der Waals surface area (Å²) in [6.45, 7) is 1.55. The summed E-state index contributed by atoms with van der Waals surface area (Å²) in [5.41, 5.74) is 0.787. The van der Waals surface area contributed by atoms with Crippen LogP contribution in [-0.4, -0.2) is 39.8 Å². The molecule has 0 saturated heterocycles. The highest BCUT2D eigenvalue weighted by Gasteiger charge is 2.38. The maximum absolute atomic E-state index is 13.4. The number of carbonyl (C=O) groups is 2. The van der Waals surface area contributed by atoms with Gasteiger partial charge in [-0.3, -0.25) is 4.90 Å². The average molecular weight is 724 g/mol. The number of carboxylic acid groups (broad SMARTS) is 1. The van der Waals surface area contributed by atoms with Crippen LogP contribution >= 0.6 is 70.7 Å². The third-order valence-electron chi connectivity index (χ3n) is 4.91. The molecule has 0 aliphatic rings. The van der Waals surface area contributed by atoms with E-state index in [1.165, 1.54) is 27.7 Å². The minimum Gasteiger partial charge on any atom is -0.480 e. The molecule has 12 heteroatoms. The molecule has 0 saturated carbocycles. The summed E-state index contributed by atoms with van der Waals surface area (Å²) in [6.07, 6.45) is -0.781. The summed E-state index contributed by atoms with van der Waals surface area (Å²) in [4.78, 5) is 28.6. The number of carbonyl (C=O) groups excluding carboxylic acids is 1. The van der Waals surface area contributed by atoms with Crippen molar-refractivity contribution in [2.75, 3.05) is 6.29 Å². The molecule has 0 bridgehead atoms. The zero-order chi connectivity index (χ0) is 27.0. The predicted molar refractivity (Wildman–Crippen MR) is 164 cm³/mol. The number of benzene rings is 3. The molecule has 2 atom stereocenters. The van der Waals surface area contributed by atoms with Crippen LogP contribution in [0.1, 0.15) is 12.5 Å². The van der Waals surface area contributed by atoms with E-state index in [-0.39, 0.29) is 12.9 Å². The molecule has 0 heterocycles. The summed E-state index contributed by atoms with van der Waals surface area (Å²) in [5.74, 6) is -1.22. The Balaban J connectivity index is 1.95. The molecule has 0 aliphatic carbocycles. The molecule has 1 amide bonds. The van der Waals surface area contributed by atoms with Crippen molar-refractivity contribution in [2.45, 2.75) is 34.7 Å². The smallest absolute Gasteiger partial charge is 0.411 e. The first kappa shape index (κ1) is 30.5. The van der Waals surface area contributed by atoms with E-state index in [1.54, 1.807) is 6.92 Å². The summed E-state index contributed by atoms with van der Waals surface area (Å²) in [7, 11) is 0. The van der Waals surface area contributed by atoms with Crippen molar-refractivity contribution in [2.24, 2.45) is 0 Å². The van der Waals surface area contributed by atoms with Gasteiger partial charge >= 0.3 is 12.1 Å². The largest absolute Gasteiger partial charge is 0.480 e. The minimum atomic E-state index is -2.59. The van der Waals surface area contributed by atoms with Crippen molar-refractivity contribution < 1.29 is 19.4 Å². The van der Waals surface area contributed by atoms with Gasteiger partial charge in [-0.25, -0.2) is 9.59 Å². The van der Waals surface area contributed by atoms with E-state index in [0.29, 0.717) is 0 Å². The maximum atomic E-state index is 13.4. The third kappa shape index (κ3) is 9.60.